The third kappa shape index (κ3) is 2.04. The van der Waals surface area contributed by atoms with Gasteiger partial charge in [-0.2, -0.15) is 0 Å². The van der Waals surface area contributed by atoms with E-state index in [1.54, 1.807) is 24.3 Å². The molecule has 0 radical (unpaired) electrons. The summed E-state index contributed by atoms with van der Waals surface area (Å²) in [7, 11) is 0. The van der Waals surface area contributed by atoms with Gasteiger partial charge in [0.25, 0.3) is 5.91 Å². The van der Waals surface area contributed by atoms with Crippen LogP contribution in [-0.2, 0) is 19.1 Å². The fraction of sp³-hybridized carbons (Fsp3) is 0.389. The normalized spacial score (nSPS) is 28.1. The van der Waals surface area contributed by atoms with Crippen molar-refractivity contribution in [2.75, 3.05) is 4.90 Å². The zero-order valence-corrected chi connectivity index (χ0v) is 14.1. The monoisotopic (exact) mass is 345 g/mol. The van der Waals surface area contributed by atoms with Crippen molar-refractivity contribution >= 4 is 34.9 Å². The summed E-state index contributed by atoms with van der Waals surface area (Å²) in [5, 5.41) is 0.310. The number of ketones is 1. The van der Waals surface area contributed by atoms with Crippen molar-refractivity contribution in [2.45, 2.75) is 32.8 Å². The molecular weight excluding hydrogens is 330 g/mol. The van der Waals surface area contributed by atoms with Crippen LogP contribution in [0.25, 0.3) is 0 Å². The molecule has 1 saturated heterocycles. The van der Waals surface area contributed by atoms with Crippen molar-refractivity contribution < 1.29 is 19.1 Å². The van der Waals surface area contributed by atoms with Crippen LogP contribution in [0.4, 0.5) is 5.69 Å². The molecule has 1 aliphatic carbocycles. The van der Waals surface area contributed by atoms with Crippen LogP contribution in [0.15, 0.2) is 35.6 Å². The molecule has 1 aromatic carbocycles. The summed E-state index contributed by atoms with van der Waals surface area (Å²) >= 11 is 6.13. The summed E-state index contributed by atoms with van der Waals surface area (Å²) in [6.45, 7) is 3.96. The Morgan fingerprint density at radius 1 is 1.12 bits per heavy atom. The number of amides is 2. The van der Waals surface area contributed by atoms with Crippen molar-refractivity contribution in [1.82, 2.24) is 0 Å². The number of benzene rings is 1. The van der Waals surface area contributed by atoms with Gasteiger partial charge in [0.1, 0.15) is 11.7 Å². The van der Waals surface area contributed by atoms with E-state index < -0.39 is 23.8 Å². The van der Waals surface area contributed by atoms with Crippen molar-refractivity contribution in [3.8, 4) is 0 Å². The molecule has 6 heteroatoms. The molecule has 4 rings (SSSR count). The topological polar surface area (TPSA) is 63.7 Å². The molecule has 0 bridgehead atoms. The second-order valence-electron chi connectivity index (χ2n) is 7.26. The molecule has 0 aromatic heterocycles. The predicted octanol–water partition coefficient (Wildman–Crippen LogP) is 2.87. The van der Waals surface area contributed by atoms with E-state index in [4.69, 9.17) is 16.3 Å². The van der Waals surface area contributed by atoms with Gasteiger partial charge in [-0.3, -0.25) is 14.4 Å². The van der Waals surface area contributed by atoms with Gasteiger partial charge in [0, 0.05) is 18.4 Å². The lowest BCUT2D eigenvalue weighted by Gasteiger charge is -2.29. The number of fused-ring (bicyclic) bond motifs is 2. The number of carbonyl (C=O) groups excluding carboxylic acids is 3. The van der Waals surface area contributed by atoms with Gasteiger partial charge in [0.15, 0.2) is 11.9 Å². The molecule has 24 heavy (non-hydrogen) atoms. The summed E-state index contributed by atoms with van der Waals surface area (Å²) in [5.41, 5.74) is 0.494. The Bertz CT molecular complexity index is 826. The Kier molecular flexibility index (Phi) is 3.16. The number of para-hydroxylation sites is 1. The van der Waals surface area contributed by atoms with Gasteiger partial charge < -0.3 is 4.74 Å². The highest BCUT2D eigenvalue weighted by molar-refractivity contribution is 6.36. The minimum Gasteiger partial charge on any atom is -0.483 e. The van der Waals surface area contributed by atoms with Crippen LogP contribution < -0.4 is 4.90 Å². The van der Waals surface area contributed by atoms with E-state index in [0.717, 1.165) is 4.90 Å². The maximum absolute atomic E-state index is 12.9. The molecule has 1 fully saturated rings. The first-order valence-corrected chi connectivity index (χ1v) is 8.23. The summed E-state index contributed by atoms with van der Waals surface area (Å²) in [4.78, 5) is 39.2. The average molecular weight is 346 g/mol. The Labute approximate surface area is 144 Å². The van der Waals surface area contributed by atoms with Gasteiger partial charge in [-0.25, -0.2) is 4.90 Å². The highest BCUT2D eigenvalue weighted by Crippen LogP contribution is 2.49. The van der Waals surface area contributed by atoms with Crippen molar-refractivity contribution in [3.63, 3.8) is 0 Å². The van der Waals surface area contributed by atoms with Gasteiger partial charge in [-0.05, 0) is 17.5 Å². The van der Waals surface area contributed by atoms with Crippen molar-refractivity contribution in [3.05, 3.63) is 40.6 Å². The molecule has 1 aromatic rings. The largest absolute Gasteiger partial charge is 0.483 e. The highest BCUT2D eigenvalue weighted by atomic mass is 35.5. The number of rotatable bonds is 1. The quantitative estimate of drug-likeness (QED) is 0.734. The Balaban J connectivity index is 1.76. The molecule has 0 spiro atoms. The van der Waals surface area contributed by atoms with Gasteiger partial charge >= 0.3 is 0 Å². The lowest BCUT2D eigenvalue weighted by Crippen LogP contribution is -2.35. The zero-order valence-electron chi connectivity index (χ0n) is 13.3. The minimum atomic E-state index is -0.948. The maximum Gasteiger partial charge on any atom is 0.276 e. The second kappa shape index (κ2) is 4.93. The molecule has 2 atom stereocenters. The van der Waals surface area contributed by atoms with E-state index in [-0.39, 0.29) is 11.2 Å². The smallest absolute Gasteiger partial charge is 0.276 e. The number of Topliss-reactive ketones (excluding diaryl/α,β-unsaturated/α-hetero) is 1. The first kappa shape index (κ1) is 15.4. The summed E-state index contributed by atoms with van der Waals surface area (Å²) < 4.78 is 5.77. The molecule has 2 amide bonds. The number of ether oxygens (including phenoxy) is 1. The average Bonchev–Trinajstić information content (AvgIpc) is 2.96. The van der Waals surface area contributed by atoms with Crippen molar-refractivity contribution in [1.29, 1.82) is 0 Å². The third-order valence-electron chi connectivity index (χ3n) is 4.81. The highest BCUT2D eigenvalue weighted by Gasteiger charge is 2.59. The minimum absolute atomic E-state index is 0.101. The lowest BCUT2D eigenvalue weighted by molar-refractivity contribution is -0.126. The molecule has 124 valence electrons. The number of hydrogen-bond acceptors (Lipinski definition) is 4. The number of halogens is 1. The number of carbonyl (C=O) groups is 3. The van der Waals surface area contributed by atoms with Crippen LogP contribution in [0, 0.1) is 11.3 Å². The van der Waals surface area contributed by atoms with Gasteiger partial charge in [0.05, 0.1) is 10.7 Å². The Hall–Kier alpha value is -2.14. The van der Waals surface area contributed by atoms with Gasteiger partial charge in [-0.15, -0.1) is 0 Å². The summed E-state index contributed by atoms with van der Waals surface area (Å²) in [5.74, 6) is -1.33. The van der Waals surface area contributed by atoms with Gasteiger partial charge in [-0.1, -0.05) is 37.6 Å². The SMILES string of the molecule is CC1(C)CC(=O)C2=C(C1)O[C@@H]1C(=O)N(c3ccccc3Cl)C(=O)[C@H]21. The van der Waals surface area contributed by atoms with Crippen LogP contribution in [0.5, 0.6) is 0 Å². The maximum atomic E-state index is 12.9. The van der Waals surface area contributed by atoms with Crippen molar-refractivity contribution in [2.24, 2.45) is 11.3 Å². The number of allylic oxidation sites excluding steroid dienone is 1. The van der Waals surface area contributed by atoms with E-state index in [1.165, 1.54) is 0 Å². The molecule has 3 aliphatic rings. The fourth-order valence-electron chi connectivity index (χ4n) is 3.79. The first-order valence-electron chi connectivity index (χ1n) is 7.85. The van der Waals surface area contributed by atoms with E-state index in [9.17, 15) is 14.4 Å². The molecular formula is C18H16ClNO4. The van der Waals surface area contributed by atoms with E-state index in [0.29, 0.717) is 34.9 Å². The molecule has 5 nitrogen and oxygen atoms in total. The zero-order chi connectivity index (χ0) is 17.2. The van der Waals surface area contributed by atoms with Crippen LogP contribution in [0.1, 0.15) is 26.7 Å². The van der Waals surface area contributed by atoms with Crippen LogP contribution in [-0.4, -0.2) is 23.7 Å². The van der Waals surface area contributed by atoms with Crippen LogP contribution in [0.3, 0.4) is 0 Å². The number of hydrogen-bond donors (Lipinski definition) is 0. The standard InChI is InChI=1S/C18H16ClNO4/c1-18(2)7-11(21)13-12(8-18)24-15-14(13)16(22)20(17(15)23)10-6-4-3-5-9(10)19/h3-6,14-15H,7-8H2,1-2H3/t14-,15+/m1/s1. The fourth-order valence-corrected chi connectivity index (χ4v) is 4.01. The van der Waals surface area contributed by atoms with Crippen LogP contribution >= 0.6 is 11.6 Å². The third-order valence-corrected chi connectivity index (χ3v) is 5.13. The summed E-state index contributed by atoms with van der Waals surface area (Å²) in [6.07, 6.45) is -0.0312. The van der Waals surface area contributed by atoms with E-state index in [2.05, 4.69) is 0 Å². The lowest BCUT2D eigenvalue weighted by atomic mass is 9.74. The van der Waals surface area contributed by atoms with E-state index >= 15 is 0 Å². The molecule has 2 heterocycles. The Morgan fingerprint density at radius 2 is 1.83 bits per heavy atom. The van der Waals surface area contributed by atoms with Gasteiger partial charge in [0.2, 0.25) is 5.91 Å². The molecule has 0 unspecified atom stereocenters. The van der Waals surface area contributed by atoms with Crippen LogP contribution in [0.2, 0.25) is 5.02 Å². The second-order valence-corrected chi connectivity index (χ2v) is 7.66. The number of nitrogens with zero attached hydrogens (tertiary/aromatic N) is 1. The molecule has 0 saturated carbocycles. The first-order chi connectivity index (χ1) is 11.3. The van der Waals surface area contributed by atoms with E-state index in [1.807, 2.05) is 13.8 Å². The molecule has 0 N–H and O–H groups in total. The molecule has 2 aliphatic heterocycles. The predicted molar refractivity (Wildman–Crippen MR) is 87.4 cm³/mol. The summed E-state index contributed by atoms with van der Waals surface area (Å²) in [6, 6.07) is 6.66. The Morgan fingerprint density at radius 3 is 2.54 bits per heavy atom. The number of imide groups is 1. The number of anilines is 1.